The molecule has 0 aromatic heterocycles. The number of piperazine rings is 1. The number of hydrogen-bond acceptors (Lipinski definition) is 2. The van der Waals surface area contributed by atoms with Crippen LogP contribution in [0, 0.1) is 5.82 Å². The van der Waals surface area contributed by atoms with Crippen molar-refractivity contribution >= 4 is 29.1 Å². The molecule has 1 heterocycles. The Hall–Kier alpha value is -1.62. The third-order valence-electron chi connectivity index (χ3n) is 4.71. The fourth-order valence-corrected chi connectivity index (χ4v) is 3.62. The predicted octanol–water partition coefficient (Wildman–Crippen LogP) is 4.06. The second kappa shape index (κ2) is 8.85. The molecule has 3 rings (SSSR count). The van der Waals surface area contributed by atoms with Crippen molar-refractivity contribution in [2.75, 3.05) is 32.7 Å². The number of rotatable bonds is 5. The van der Waals surface area contributed by atoms with Gasteiger partial charge in [-0.2, -0.15) is 0 Å². The summed E-state index contributed by atoms with van der Waals surface area (Å²) in [6.45, 7) is 4.03. The van der Waals surface area contributed by atoms with Crippen LogP contribution in [0.2, 0.25) is 10.0 Å². The third kappa shape index (κ3) is 5.19. The first kappa shape index (κ1) is 19.2. The maximum absolute atomic E-state index is 12.9. The van der Waals surface area contributed by atoms with Crippen LogP contribution in [0.25, 0.3) is 0 Å². The normalized spacial score (nSPS) is 15.3. The van der Waals surface area contributed by atoms with Crippen LogP contribution in [0.5, 0.6) is 0 Å². The number of benzene rings is 2. The maximum Gasteiger partial charge on any atom is 0.227 e. The molecule has 1 saturated heterocycles. The van der Waals surface area contributed by atoms with Gasteiger partial charge in [-0.15, -0.1) is 0 Å². The topological polar surface area (TPSA) is 23.6 Å². The van der Waals surface area contributed by atoms with E-state index in [1.54, 1.807) is 18.2 Å². The first-order valence-electron chi connectivity index (χ1n) is 8.70. The van der Waals surface area contributed by atoms with E-state index in [1.807, 2.05) is 17.0 Å². The molecule has 3 nitrogen and oxygen atoms in total. The van der Waals surface area contributed by atoms with Crippen LogP contribution >= 0.6 is 23.2 Å². The molecular weight excluding hydrogens is 374 g/mol. The minimum atomic E-state index is -0.282. The van der Waals surface area contributed by atoms with Gasteiger partial charge in [0.05, 0.1) is 6.42 Å². The summed E-state index contributed by atoms with van der Waals surface area (Å²) in [5.41, 5.74) is 1.93. The standard InChI is InChI=1S/C20H21Cl2FN2O/c21-17-4-3-16(19(22)14-17)7-8-24-9-11-25(12-10-24)20(26)13-15-1-5-18(23)6-2-15/h1-6,14H,7-13H2. The number of carbonyl (C=O) groups is 1. The molecule has 0 spiro atoms. The number of nitrogens with zero attached hydrogens (tertiary/aromatic N) is 2. The molecule has 2 aromatic carbocycles. The van der Waals surface area contributed by atoms with Gasteiger partial charge in [-0.05, 0) is 41.8 Å². The molecule has 0 saturated carbocycles. The molecule has 1 amide bonds. The van der Waals surface area contributed by atoms with Crippen molar-refractivity contribution in [1.82, 2.24) is 9.80 Å². The van der Waals surface area contributed by atoms with Gasteiger partial charge < -0.3 is 4.90 Å². The summed E-state index contributed by atoms with van der Waals surface area (Å²) in [5, 5.41) is 1.35. The van der Waals surface area contributed by atoms with Crippen LogP contribution in [0.1, 0.15) is 11.1 Å². The summed E-state index contributed by atoms with van der Waals surface area (Å²) < 4.78 is 12.9. The summed E-state index contributed by atoms with van der Waals surface area (Å²) in [4.78, 5) is 16.6. The van der Waals surface area contributed by atoms with Gasteiger partial charge in [0.15, 0.2) is 0 Å². The van der Waals surface area contributed by atoms with Crippen molar-refractivity contribution < 1.29 is 9.18 Å². The Kier molecular flexibility index (Phi) is 6.52. The van der Waals surface area contributed by atoms with E-state index in [0.717, 1.165) is 37.2 Å². The molecule has 0 radical (unpaired) electrons. The SMILES string of the molecule is O=C(Cc1ccc(F)cc1)N1CCN(CCc2ccc(Cl)cc2Cl)CC1. The highest BCUT2D eigenvalue weighted by Gasteiger charge is 2.21. The Morgan fingerprint density at radius 3 is 2.35 bits per heavy atom. The second-order valence-electron chi connectivity index (χ2n) is 6.51. The van der Waals surface area contributed by atoms with E-state index in [2.05, 4.69) is 4.90 Å². The number of hydrogen-bond donors (Lipinski definition) is 0. The summed E-state index contributed by atoms with van der Waals surface area (Å²) >= 11 is 12.1. The van der Waals surface area contributed by atoms with Crippen LogP contribution in [0.3, 0.4) is 0 Å². The van der Waals surface area contributed by atoms with E-state index in [1.165, 1.54) is 12.1 Å². The Labute approximate surface area is 163 Å². The molecule has 0 atom stereocenters. The lowest BCUT2D eigenvalue weighted by molar-refractivity contribution is -0.132. The average molecular weight is 395 g/mol. The monoisotopic (exact) mass is 394 g/mol. The van der Waals surface area contributed by atoms with E-state index in [9.17, 15) is 9.18 Å². The first-order chi connectivity index (χ1) is 12.5. The Bertz CT molecular complexity index is 759. The molecule has 1 aliphatic heterocycles. The van der Waals surface area contributed by atoms with Crippen molar-refractivity contribution in [3.05, 3.63) is 69.5 Å². The average Bonchev–Trinajstić information content (AvgIpc) is 2.63. The van der Waals surface area contributed by atoms with E-state index in [0.29, 0.717) is 29.6 Å². The van der Waals surface area contributed by atoms with Gasteiger partial charge in [0, 0.05) is 42.8 Å². The van der Waals surface area contributed by atoms with Gasteiger partial charge in [0.25, 0.3) is 0 Å². The van der Waals surface area contributed by atoms with E-state index < -0.39 is 0 Å². The van der Waals surface area contributed by atoms with Crippen LogP contribution in [-0.4, -0.2) is 48.4 Å². The van der Waals surface area contributed by atoms with Gasteiger partial charge >= 0.3 is 0 Å². The molecule has 1 fully saturated rings. The lowest BCUT2D eigenvalue weighted by Crippen LogP contribution is -2.49. The Morgan fingerprint density at radius 2 is 1.69 bits per heavy atom. The molecule has 2 aromatic rings. The van der Waals surface area contributed by atoms with Crippen molar-refractivity contribution in [1.29, 1.82) is 0 Å². The highest BCUT2D eigenvalue weighted by Crippen LogP contribution is 2.21. The minimum absolute atomic E-state index is 0.0944. The zero-order valence-electron chi connectivity index (χ0n) is 14.4. The van der Waals surface area contributed by atoms with Crippen LogP contribution < -0.4 is 0 Å². The predicted molar refractivity (Wildman–Crippen MR) is 103 cm³/mol. The van der Waals surface area contributed by atoms with Gasteiger partial charge in [0.1, 0.15) is 5.82 Å². The summed E-state index contributed by atoms with van der Waals surface area (Å²) in [6, 6.07) is 11.7. The van der Waals surface area contributed by atoms with Crippen LogP contribution in [0.4, 0.5) is 4.39 Å². The fraction of sp³-hybridized carbons (Fsp3) is 0.350. The van der Waals surface area contributed by atoms with Gasteiger partial charge in [-0.3, -0.25) is 9.69 Å². The number of amides is 1. The molecule has 0 bridgehead atoms. The smallest absolute Gasteiger partial charge is 0.227 e. The Morgan fingerprint density at radius 1 is 1.00 bits per heavy atom. The third-order valence-corrected chi connectivity index (χ3v) is 5.29. The zero-order chi connectivity index (χ0) is 18.5. The van der Waals surface area contributed by atoms with Crippen molar-refractivity contribution in [3.8, 4) is 0 Å². The lowest BCUT2D eigenvalue weighted by Gasteiger charge is -2.35. The summed E-state index contributed by atoms with van der Waals surface area (Å²) in [6.07, 6.45) is 1.18. The van der Waals surface area contributed by atoms with E-state index in [-0.39, 0.29) is 11.7 Å². The highest BCUT2D eigenvalue weighted by molar-refractivity contribution is 6.35. The van der Waals surface area contributed by atoms with Crippen LogP contribution in [0.15, 0.2) is 42.5 Å². The molecule has 6 heteroatoms. The minimum Gasteiger partial charge on any atom is -0.340 e. The quantitative estimate of drug-likeness (QED) is 0.763. The molecule has 1 aliphatic rings. The van der Waals surface area contributed by atoms with Gasteiger partial charge in [-0.1, -0.05) is 41.4 Å². The summed E-state index contributed by atoms with van der Waals surface area (Å²) in [5.74, 6) is -0.187. The number of halogens is 3. The first-order valence-corrected chi connectivity index (χ1v) is 9.45. The van der Waals surface area contributed by atoms with E-state index in [4.69, 9.17) is 23.2 Å². The fourth-order valence-electron chi connectivity index (χ4n) is 3.11. The van der Waals surface area contributed by atoms with Crippen LogP contribution in [-0.2, 0) is 17.6 Å². The lowest BCUT2D eigenvalue weighted by atomic mass is 10.1. The largest absolute Gasteiger partial charge is 0.340 e. The maximum atomic E-state index is 12.9. The molecule has 0 aliphatic carbocycles. The van der Waals surface area contributed by atoms with Crippen molar-refractivity contribution in [3.63, 3.8) is 0 Å². The molecule has 0 unspecified atom stereocenters. The highest BCUT2D eigenvalue weighted by atomic mass is 35.5. The number of carbonyl (C=O) groups excluding carboxylic acids is 1. The molecule has 0 N–H and O–H groups in total. The summed E-state index contributed by atoms with van der Waals surface area (Å²) in [7, 11) is 0. The van der Waals surface area contributed by atoms with Crippen molar-refractivity contribution in [2.24, 2.45) is 0 Å². The van der Waals surface area contributed by atoms with Crippen molar-refractivity contribution in [2.45, 2.75) is 12.8 Å². The second-order valence-corrected chi connectivity index (χ2v) is 7.36. The van der Waals surface area contributed by atoms with E-state index >= 15 is 0 Å². The van der Waals surface area contributed by atoms with Gasteiger partial charge in [-0.25, -0.2) is 4.39 Å². The zero-order valence-corrected chi connectivity index (χ0v) is 15.9. The molecule has 26 heavy (non-hydrogen) atoms. The molecule has 138 valence electrons. The molecular formula is C20H21Cl2FN2O. The van der Waals surface area contributed by atoms with Gasteiger partial charge in [0.2, 0.25) is 5.91 Å². The Balaban J connectivity index is 1.44.